The van der Waals surface area contributed by atoms with Gasteiger partial charge in [-0.05, 0) is 24.5 Å². The zero-order valence-electron chi connectivity index (χ0n) is 13.1. The summed E-state index contributed by atoms with van der Waals surface area (Å²) in [6.07, 6.45) is 4.51. The molecule has 1 N–H and O–H groups in total. The summed E-state index contributed by atoms with van der Waals surface area (Å²) in [5.41, 5.74) is 1.39. The second kappa shape index (κ2) is 7.05. The lowest BCUT2D eigenvalue weighted by Gasteiger charge is -2.30. The number of carbonyl (C=O) groups excluding carboxylic acids is 1. The van der Waals surface area contributed by atoms with Crippen LogP contribution in [0.5, 0.6) is 0 Å². The first-order chi connectivity index (χ1) is 11.5. The lowest BCUT2D eigenvalue weighted by atomic mass is 9.98. The van der Waals surface area contributed by atoms with Crippen molar-refractivity contribution in [2.24, 2.45) is 5.92 Å². The minimum absolute atomic E-state index is 0.175. The molecule has 1 amide bonds. The molecule has 0 aliphatic carbocycles. The van der Waals surface area contributed by atoms with Crippen molar-refractivity contribution in [1.29, 1.82) is 0 Å². The Balaban J connectivity index is 1.70. The maximum atomic E-state index is 12.6. The second-order valence-corrected chi connectivity index (χ2v) is 6.35. The second-order valence-electron chi connectivity index (χ2n) is 5.95. The maximum Gasteiger partial charge on any atom is 0.308 e. The molecule has 7 heteroatoms. The van der Waals surface area contributed by atoms with Gasteiger partial charge in [0.1, 0.15) is 0 Å². The fraction of sp³-hybridized carbons (Fsp3) is 0.353. The van der Waals surface area contributed by atoms with E-state index in [1.165, 1.54) is 6.20 Å². The molecule has 1 aromatic carbocycles. The molecule has 24 heavy (non-hydrogen) atoms. The molecule has 2 heterocycles. The highest BCUT2D eigenvalue weighted by Crippen LogP contribution is 2.19. The van der Waals surface area contributed by atoms with Crippen LogP contribution in [0.1, 0.15) is 28.8 Å². The summed E-state index contributed by atoms with van der Waals surface area (Å²) < 4.78 is 1.66. The topological polar surface area (TPSA) is 75.4 Å². The van der Waals surface area contributed by atoms with Gasteiger partial charge in [-0.25, -0.2) is 0 Å². The van der Waals surface area contributed by atoms with E-state index in [2.05, 4.69) is 5.10 Å². The lowest BCUT2D eigenvalue weighted by molar-refractivity contribution is -0.143. The first-order valence-electron chi connectivity index (χ1n) is 7.82. The van der Waals surface area contributed by atoms with E-state index in [9.17, 15) is 9.59 Å². The zero-order valence-corrected chi connectivity index (χ0v) is 13.8. The van der Waals surface area contributed by atoms with Gasteiger partial charge in [-0.2, -0.15) is 5.10 Å². The van der Waals surface area contributed by atoms with Crippen molar-refractivity contribution in [3.05, 3.63) is 52.8 Å². The number of carbonyl (C=O) groups is 2. The van der Waals surface area contributed by atoms with Crippen LogP contribution in [-0.4, -0.2) is 44.8 Å². The van der Waals surface area contributed by atoms with E-state index in [0.717, 1.165) is 5.56 Å². The molecule has 1 saturated heterocycles. The van der Waals surface area contributed by atoms with Crippen molar-refractivity contribution >= 4 is 23.5 Å². The Kier molecular flexibility index (Phi) is 4.85. The van der Waals surface area contributed by atoms with Crippen LogP contribution in [0.2, 0.25) is 5.02 Å². The molecular weight excluding hydrogens is 330 g/mol. The molecule has 1 aliphatic rings. The van der Waals surface area contributed by atoms with Crippen LogP contribution >= 0.6 is 11.6 Å². The van der Waals surface area contributed by atoms with Crippen molar-refractivity contribution in [2.45, 2.75) is 19.4 Å². The molecular formula is C17H18ClN3O3. The Morgan fingerprint density at radius 1 is 1.33 bits per heavy atom. The number of aromatic nitrogens is 2. The highest BCUT2D eigenvalue weighted by atomic mass is 35.5. The molecule has 1 fully saturated rings. The van der Waals surface area contributed by atoms with Gasteiger partial charge >= 0.3 is 5.97 Å². The summed E-state index contributed by atoms with van der Waals surface area (Å²) in [5.74, 6) is -1.51. The van der Waals surface area contributed by atoms with Gasteiger partial charge in [0.25, 0.3) is 5.91 Å². The number of hydrogen-bond acceptors (Lipinski definition) is 3. The van der Waals surface area contributed by atoms with Gasteiger partial charge in [-0.1, -0.05) is 29.8 Å². The molecule has 3 rings (SSSR count). The maximum absolute atomic E-state index is 12.6. The van der Waals surface area contributed by atoms with Crippen molar-refractivity contribution in [3.8, 4) is 0 Å². The number of amides is 1. The molecule has 0 spiro atoms. The minimum Gasteiger partial charge on any atom is -0.481 e. The molecule has 1 aromatic heterocycles. The number of carboxylic acid groups (broad SMARTS) is 1. The first kappa shape index (κ1) is 16.5. The Bertz CT molecular complexity index is 759. The number of likely N-dealkylation sites (tertiary alicyclic amines) is 1. The quantitative estimate of drug-likeness (QED) is 0.922. The summed E-state index contributed by atoms with van der Waals surface area (Å²) in [6.45, 7) is 1.31. The standard InChI is InChI=1S/C17H18ClN3O3/c18-15-6-2-1-4-12(15)10-21-11-14(8-19-21)16(22)20-7-3-5-13(9-20)17(23)24/h1-2,4,6,8,11,13H,3,5,7,9-10H2,(H,23,24)/t13-/m0/s1. The molecule has 1 aliphatic heterocycles. The van der Waals surface area contributed by atoms with Crippen LogP contribution in [0.4, 0.5) is 0 Å². The van der Waals surface area contributed by atoms with Crippen molar-refractivity contribution in [2.75, 3.05) is 13.1 Å². The van der Waals surface area contributed by atoms with Crippen molar-refractivity contribution < 1.29 is 14.7 Å². The van der Waals surface area contributed by atoms with Crippen LogP contribution in [0, 0.1) is 5.92 Å². The fourth-order valence-electron chi connectivity index (χ4n) is 2.91. The molecule has 1 atom stereocenters. The number of piperidine rings is 1. The summed E-state index contributed by atoms with van der Waals surface area (Å²) in [6, 6.07) is 7.48. The Labute approximate surface area is 144 Å². The Morgan fingerprint density at radius 2 is 2.12 bits per heavy atom. The van der Waals surface area contributed by atoms with E-state index < -0.39 is 11.9 Å². The average Bonchev–Trinajstić information content (AvgIpc) is 3.05. The van der Waals surface area contributed by atoms with Gasteiger partial charge in [0, 0.05) is 24.3 Å². The monoisotopic (exact) mass is 347 g/mol. The summed E-state index contributed by atoms with van der Waals surface area (Å²) in [4.78, 5) is 25.3. The summed E-state index contributed by atoms with van der Waals surface area (Å²) in [5, 5.41) is 14.0. The number of hydrogen-bond donors (Lipinski definition) is 1. The third-order valence-corrected chi connectivity index (χ3v) is 4.60. The van der Waals surface area contributed by atoms with Gasteiger partial charge < -0.3 is 10.0 Å². The van der Waals surface area contributed by atoms with E-state index in [4.69, 9.17) is 16.7 Å². The van der Waals surface area contributed by atoms with Crippen LogP contribution in [0.3, 0.4) is 0 Å². The molecule has 0 unspecified atom stereocenters. The third-order valence-electron chi connectivity index (χ3n) is 4.23. The molecule has 6 nitrogen and oxygen atoms in total. The zero-order chi connectivity index (χ0) is 17.1. The highest BCUT2D eigenvalue weighted by Gasteiger charge is 2.29. The first-order valence-corrected chi connectivity index (χ1v) is 8.20. The van der Waals surface area contributed by atoms with Gasteiger partial charge in [0.2, 0.25) is 0 Å². The van der Waals surface area contributed by atoms with E-state index in [1.54, 1.807) is 15.8 Å². The predicted molar refractivity (Wildman–Crippen MR) is 89.0 cm³/mol. The van der Waals surface area contributed by atoms with Crippen molar-refractivity contribution in [1.82, 2.24) is 14.7 Å². The SMILES string of the molecule is O=C(O)[C@H]1CCCN(C(=O)c2cnn(Cc3ccccc3Cl)c2)C1. The Morgan fingerprint density at radius 3 is 2.88 bits per heavy atom. The average molecular weight is 348 g/mol. The van der Waals surface area contributed by atoms with E-state index >= 15 is 0 Å². The number of halogens is 1. The molecule has 0 bridgehead atoms. The highest BCUT2D eigenvalue weighted by molar-refractivity contribution is 6.31. The largest absolute Gasteiger partial charge is 0.481 e. The number of rotatable bonds is 4. The molecule has 0 radical (unpaired) electrons. The van der Waals surface area contributed by atoms with Crippen LogP contribution in [-0.2, 0) is 11.3 Å². The number of carboxylic acids is 1. The van der Waals surface area contributed by atoms with Gasteiger partial charge in [0.15, 0.2) is 0 Å². The lowest BCUT2D eigenvalue weighted by Crippen LogP contribution is -2.42. The van der Waals surface area contributed by atoms with Gasteiger partial charge in [-0.3, -0.25) is 14.3 Å². The normalized spacial score (nSPS) is 17.7. The minimum atomic E-state index is -0.845. The van der Waals surface area contributed by atoms with Crippen LogP contribution < -0.4 is 0 Å². The van der Waals surface area contributed by atoms with Crippen molar-refractivity contribution in [3.63, 3.8) is 0 Å². The number of nitrogens with zero attached hydrogens (tertiary/aromatic N) is 3. The van der Waals surface area contributed by atoms with Crippen LogP contribution in [0.15, 0.2) is 36.7 Å². The number of aliphatic carboxylic acids is 1. The molecule has 0 saturated carbocycles. The van der Waals surface area contributed by atoms with Crippen LogP contribution in [0.25, 0.3) is 0 Å². The van der Waals surface area contributed by atoms with Gasteiger partial charge in [0.05, 0.1) is 24.2 Å². The predicted octanol–water partition coefficient (Wildman–Crippen LogP) is 2.52. The summed E-state index contributed by atoms with van der Waals surface area (Å²) in [7, 11) is 0. The third kappa shape index (κ3) is 3.59. The van der Waals surface area contributed by atoms with E-state index in [-0.39, 0.29) is 12.5 Å². The van der Waals surface area contributed by atoms with Gasteiger partial charge in [-0.15, -0.1) is 0 Å². The fourth-order valence-corrected chi connectivity index (χ4v) is 3.10. The molecule has 126 valence electrons. The smallest absolute Gasteiger partial charge is 0.308 e. The van der Waals surface area contributed by atoms with E-state index in [0.29, 0.717) is 36.5 Å². The number of benzene rings is 1. The molecule has 2 aromatic rings. The van der Waals surface area contributed by atoms with E-state index in [1.807, 2.05) is 24.3 Å². The summed E-state index contributed by atoms with van der Waals surface area (Å²) >= 11 is 6.14. The Hall–Kier alpha value is -2.34.